The summed E-state index contributed by atoms with van der Waals surface area (Å²) < 4.78 is 31.1. The van der Waals surface area contributed by atoms with Crippen molar-refractivity contribution in [1.82, 2.24) is 0 Å². The van der Waals surface area contributed by atoms with Crippen LogP contribution in [0.5, 0.6) is 0 Å². The smallest absolute Gasteiger partial charge is 0.304 e. The molecule has 0 fully saturated rings. The van der Waals surface area contributed by atoms with Gasteiger partial charge in [0.1, 0.15) is 23.6 Å². The van der Waals surface area contributed by atoms with Crippen LogP contribution in [0.3, 0.4) is 0 Å². The van der Waals surface area contributed by atoms with Gasteiger partial charge in [-0.15, -0.1) is 12.3 Å². The zero-order chi connectivity index (χ0) is 26.2. The Morgan fingerprint density at radius 3 is 0.900 bits per heavy atom. The third kappa shape index (κ3) is 5460. The minimum atomic E-state index is -4.00. The minimum Gasteiger partial charge on any atom is -0.304 e. The molecule has 0 aromatic heterocycles. The first kappa shape index (κ1) is 56.6. The lowest BCUT2D eigenvalue weighted by Crippen LogP contribution is -1.95. The van der Waals surface area contributed by atoms with Gasteiger partial charge in [0, 0.05) is 6.92 Å². The second-order valence-corrected chi connectivity index (χ2v) is 6.99. The molecule has 0 N–H and O–H groups in total. The van der Waals surface area contributed by atoms with Crippen LogP contribution >= 0.6 is 10.5 Å². The number of aldehydes is 1. The van der Waals surface area contributed by atoms with E-state index in [1.165, 1.54) is 48.5 Å². The zero-order valence-electron chi connectivity index (χ0n) is 20.5. The Morgan fingerprint density at radius 2 is 0.900 bits per heavy atom. The van der Waals surface area contributed by atoms with E-state index in [0.29, 0.717) is 10.5 Å². The molecule has 0 spiro atoms. The van der Waals surface area contributed by atoms with E-state index in [1.807, 2.05) is 13.8 Å². The van der Waals surface area contributed by atoms with Gasteiger partial charge in [-0.25, -0.2) is 0 Å². The molecule has 0 aliphatic rings. The van der Waals surface area contributed by atoms with Crippen molar-refractivity contribution in [3.63, 3.8) is 0 Å². The first-order valence-corrected chi connectivity index (χ1v) is 10.6. The quantitative estimate of drug-likeness (QED) is 0.224. The van der Waals surface area contributed by atoms with Crippen LogP contribution in [0.4, 0.5) is 13.2 Å². The number of ketones is 3. The van der Waals surface area contributed by atoms with Crippen molar-refractivity contribution in [2.75, 3.05) is 12.5 Å². The average Bonchev–Trinajstić information content (AvgIpc) is 2.37. The minimum absolute atomic E-state index is 0. The van der Waals surface area contributed by atoms with Gasteiger partial charge in [0.05, 0.1) is 0 Å². The number of Topliss-reactive ketones (excluding diaryl/α,β-unsaturated/α-hetero) is 3. The molecule has 0 rings (SSSR count). The van der Waals surface area contributed by atoms with Crippen molar-refractivity contribution in [1.29, 1.82) is 0 Å². The summed E-state index contributed by atoms with van der Waals surface area (Å²) in [6.07, 6.45) is 5.51. The summed E-state index contributed by atoms with van der Waals surface area (Å²) in [7, 11) is 0.389. The molecular weight excluding hydrogens is 417 g/mol. The Kier molecular flexibility index (Phi) is 106. The van der Waals surface area contributed by atoms with E-state index in [2.05, 4.69) is 30.7 Å². The molecule has 0 aromatic rings. The second kappa shape index (κ2) is 56.4. The molecule has 8 heteroatoms. The summed E-state index contributed by atoms with van der Waals surface area (Å²) in [6.45, 7) is 16.5. The van der Waals surface area contributed by atoms with E-state index in [0.717, 1.165) is 6.29 Å². The molecule has 186 valence electrons. The Morgan fingerprint density at radius 1 is 0.900 bits per heavy atom. The van der Waals surface area contributed by atoms with Gasteiger partial charge in [-0.3, -0.25) is 0 Å². The normalized spacial score (nSPS) is 6.67. The molecule has 0 aliphatic carbocycles. The average molecular weight is 465 g/mol. The molecule has 0 saturated heterocycles. The van der Waals surface area contributed by atoms with Gasteiger partial charge >= 0.3 is 6.18 Å². The van der Waals surface area contributed by atoms with Crippen LogP contribution in [0.25, 0.3) is 0 Å². The van der Waals surface area contributed by atoms with Crippen molar-refractivity contribution in [3.8, 4) is 12.3 Å². The van der Waals surface area contributed by atoms with Crippen molar-refractivity contribution in [2.45, 2.75) is 89.8 Å². The Balaban J connectivity index is -0.0000000242. The monoisotopic (exact) mass is 464 g/mol. The predicted octanol–water partition coefficient (Wildman–Crippen LogP) is 6.81. The van der Waals surface area contributed by atoms with Gasteiger partial charge in [0.2, 0.25) is 0 Å². The van der Waals surface area contributed by atoms with Gasteiger partial charge < -0.3 is 19.2 Å². The fraction of sp³-hybridized carbons (Fsp3) is 0.682. The summed E-state index contributed by atoms with van der Waals surface area (Å²) in [5, 5.41) is 0. The van der Waals surface area contributed by atoms with Crippen LogP contribution in [0.1, 0.15) is 83.6 Å². The summed E-state index contributed by atoms with van der Waals surface area (Å²) in [4.78, 5) is 37.1. The highest BCUT2D eigenvalue weighted by molar-refractivity contribution is 8.12. The summed E-state index contributed by atoms with van der Waals surface area (Å²) in [5.41, 5.74) is 0. The van der Waals surface area contributed by atoms with Gasteiger partial charge in [0.25, 0.3) is 0 Å². The van der Waals surface area contributed by atoms with E-state index >= 15 is 0 Å². The highest BCUT2D eigenvalue weighted by Gasteiger charge is 2.15. The predicted molar refractivity (Wildman–Crippen MR) is 132 cm³/mol. The highest BCUT2D eigenvalue weighted by Crippen LogP contribution is 2.10. The number of alkyl halides is 3. The Bertz CT molecular complexity index is 342. The van der Waals surface area contributed by atoms with Crippen LogP contribution in [-0.2, 0) is 19.2 Å². The molecule has 0 aliphatic heterocycles. The lowest BCUT2D eigenvalue weighted by atomic mass is 10.6. The second-order valence-electron chi connectivity index (χ2n) is 5.02. The zero-order valence-corrected chi connectivity index (χ0v) is 21.4. The Labute approximate surface area is 187 Å². The van der Waals surface area contributed by atoms with E-state index in [4.69, 9.17) is 4.79 Å². The molecule has 0 unspecified atom stereocenters. The number of carbonyl (C=O) groups is 4. The van der Waals surface area contributed by atoms with Crippen LogP contribution in [0.2, 0.25) is 0 Å². The maximum atomic E-state index is 10.4. The first-order valence-electron chi connectivity index (χ1n) is 8.39. The first-order chi connectivity index (χ1) is 12.8. The van der Waals surface area contributed by atoms with E-state index in [1.54, 1.807) is 6.92 Å². The lowest BCUT2D eigenvalue weighted by molar-refractivity contribution is -0.115. The molecular formula is C22H47F3O4S. The fourth-order valence-electron chi connectivity index (χ4n) is 0. The fourth-order valence-corrected chi connectivity index (χ4v) is 0. The molecule has 0 radical (unpaired) electrons. The number of rotatable bonds is 0. The standard InChI is InChI=1S/3C3H6O.C3H8S.C3H4.C2H3F3.C2H4O.C2H6.CH4/c3*1-3(2)4;1-4(2)3;1-3-2;1-2(3,4)5;1-2-3;1-2;/h3*1-2H3;1H2,2-3H3;1H,2H3;1H3;2H,1H3;1-2H3;1H4. The van der Waals surface area contributed by atoms with Crippen molar-refractivity contribution in [3.05, 3.63) is 0 Å². The number of hydrogen-bond acceptors (Lipinski definition) is 4. The van der Waals surface area contributed by atoms with Crippen LogP contribution in [0.15, 0.2) is 0 Å². The number of halogens is 3. The molecule has 0 bridgehead atoms. The Hall–Kier alpha value is -1.75. The molecule has 0 saturated carbocycles. The SMILES string of the molecule is C.C#CC.C=S(C)C.CC.CC(C)=O.CC(C)=O.CC(C)=O.CC(F)(F)F.CC=O. The van der Waals surface area contributed by atoms with Crippen LogP contribution in [-0.4, -0.2) is 48.2 Å². The van der Waals surface area contributed by atoms with Gasteiger partial charge in [-0.05, 0) is 67.9 Å². The van der Waals surface area contributed by atoms with Crippen LogP contribution < -0.4 is 0 Å². The van der Waals surface area contributed by atoms with E-state index in [-0.39, 0.29) is 31.7 Å². The largest absolute Gasteiger partial charge is 0.386 e. The lowest BCUT2D eigenvalue weighted by Gasteiger charge is -1.88. The molecule has 0 aromatic carbocycles. The summed E-state index contributed by atoms with van der Waals surface area (Å²) >= 11 is 0. The van der Waals surface area contributed by atoms with Gasteiger partial charge in [-0.1, -0.05) is 27.1 Å². The summed E-state index contributed by atoms with van der Waals surface area (Å²) in [5.74, 6) is 6.42. The van der Waals surface area contributed by atoms with Gasteiger partial charge in [-0.2, -0.15) is 23.7 Å². The summed E-state index contributed by atoms with van der Waals surface area (Å²) in [6, 6.07) is 0. The van der Waals surface area contributed by atoms with Crippen LogP contribution in [0, 0.1) is 12.3 Å². The van der Waals surface area contributed by atoms with Gasteiger partial charge in [0.15, 0.2) is 0 Å². The van der Waals surface area contributed by atoms with Crippen molar-refractivity contribution < 1.29 is 32.3 Å². The molecule has 30 heavy (non-hydrogen) atoms. The van der Waals surface area contributed by atoms with E-state index in [9.17, 15) is 27.6 Å². The third-order valence-corrected chi connectivity index (χ3v) is 0. The van der Waals surface area contributed by atoms with Crippen molar-refractivity contribution >= 4 is 40.0 Å². The number of terminal acetylenes is 1. The molecule has 0 heterocycles. The molecule has 0 amide bonds. The number of hydrogen-bond donors (Lipinski definition) is 0. The number of carbonyl (C=O) groups excluding carboxylic acids is 4. The molecule has 4 nitrogen and oxygen atoms in total. The third-order valence-electron chi connectivity index (χ3n) is 0. The van der Waals surface area contributed by atoms with Crippen molar-refractivity contribution in [2.24, 2.45) is 0 Å². The topological polar surface area (TPSA) is 68.3 Å². The maximum absolute atomic E-state index is 10.4. The molecule has 0 atom stereocenters. The van der Waals surface area contributed by atoms with E-state index < -0.39 is 6.18 Å². The maximum Gasteiger partial charge on any atom is 0.386 e. The highest BCUT2D eigenvalue weighted by atomic mass is 32.2.